The molecule has 1 amide bonds. The van der Waals surface area contributed by atoms with Crippen molar-refractivity contribution in [3.05, 3.63) is 90.0 Å². The van der Waals surface area contributed by atoms with E-state index in [9.17, 15) is 4.79 Å². The number of nitrogens with one attached hydrogen (secondary N) is 1. The van der Waals surface area contributed by atoms with E-state index in [1.54, 1.807) is 0 Å². The van der Waals surface area contributed by atoms with Crippen molar-refractivity contribution in [2.45, 2.75) is 13.0 Å². The smallest absolute Gasteiger partial charge is 0.242 e. The molecule has 0 saturated carbocycles. The molecule has 0 radical (unpaired) electrons. The number of hydrogen-bond donors (Lipinski definition) is 1. The predicted octanol–water partition coefficient (Wildman–Crippen LogP) is 3.74. The minimum absolute atomic E-state index is 0.0866. The lowest BCUT2D eigenvalue weighted by atomic mass is 10.1. The molecule has 5 nitrogen and oxygen atoms in total. The van der Waals surface area contributed by atoms with Crippen molar-refractivity contribution < 1.29 is 14.3 Å². The molecule has 1 aliphatic heterocycles. The second-order valence-corrected chi connectivity index (χ2v) is 6.60. The Kier molecular flexibility index (Phi) is 5.43. The number of carbonyl (C=O) groups is 1. The van der Waals surface area contributed by atoms with Crippen LogP contribution in [0.2, 0.25) is 0 Å². The van der Waals surface area contributed by atoms with Crippen LogP contribution in [0.15, 0.2) is 78.9 Å². The van der Waals surface area contributed by atoms with Crippen molar-refractivity contribution in [2.75, 3.05) is 18.2 Å². The molecule has 0 spiro atoms. The zero-order valence-electron chi connectivity index (χ0n) is 15.5. The Bertz CT molecular complexity index is 929. The van der Waals surface area contributed by atoms with E-state index in [1.165, 1.54) is 0 Å². The normalized spacial score (nSPS) is 12.3. The lowest BCUT2D eigenvalue weighted by molar-refractivity contribution is -0.120. The Morgan fingerprint density at radius 3 is 2.25 bits per heavy atom. The van der Waals surface area contributed by atoms with E-state index >= 15 is 0 Å². The van der Waals surface area contributed by atoms with Crippen molar-refractivity contribution in [1.82, 2.24) is 5.43 Å². The molecule has 28 heavy (non-hydrogen) atoms. The van der Waals surface area contributed by atoms with Gasteiger partial charge in [0.15, 0.2) is 11.5 Å². The van der Waals surface area contributed by atoms with Gasteiger partial charge >= 0.3 is 0 Å². The first-order valence-electron chi connectivity index (χ1n) is 9.32. The average molecular weight is 374 g/mol. The highest BCUT2D eigenvalue weighted by molar-refractivity contribution is 5.80. The number of carbonyl (C=O) groups excluding carboxylic acids is 1. The topological polar surface area (TPSA) is 50.8 Å². The van der Waals surface area contributed by atoms with E-state index in [0.29, 0.717) is 25.5 Å². The zero-order valence-corrected chi connectivity index (χ0v) is 15.5. The fraction of sp³-hybridized carbons (Fsp3) is 0.174. The number of anilines is 1. The van der Waals surface area contributed by atoms with E-state index in [2.05, 4.69) is 5.43 Å². The molecule has 3 aromatic carbocycles. The fourth-order valence-corrected chi connectivity index (χ4v) is 3.14. The van der Waals surface area contributed by atoms with Crippen LogP contribution in [0.3, 0.4) is 0 Å². The molecule has 0 fully saturated rings. The van der Waals surface area contributed by atoms with Crippen LogP contribution in [0.25, 0.3) is 0 Å². The molecule has 1 heterocycles. The van der Waals surface area contributed by atoms with Crippen LogP contribution in [0.1, 0.15) is 11.1 Å². The van der Waals surface area contributed by atoms with Gasteiger partial charge < -0.3 is 9.47 Å². The summed E-state index contributed by atoms with van der Waals surface area (Å²) in [5, 5.41) is 1.87. The Balaban J connectivity index is 1.47. The first-order chi connectivity index (χ1) is 13.8. The number of hydrogen-bond acceptors (Lipinski definition) is 4. The van der Waals surface area contributed by atoms with Crippen molar-refractivity contribution >= 4 is 11.6 Å². The number of benzene rings is 3. The number of rotatable bonds is 6. The summed E-state index contributed by atoms with van der Waals surface area (Å²) in [6.45, 7) is 1.66. The van der Waals surface area contributed by atoms with Gasteiger partial charge in [0.1, 0.15) is 13.2 Å². The van der Waals surface area contributed by atoms with Gasteiger partial charge in [0.25, 0.3) is 0 Å². The quantitative estimate of drug-likeness (QED) is 0.668. The summed E-state index contributed by atoms with van der Waals surface area (Å²) in [6.07, 6.45) is 0.259. The van der Waals surface area contributed by atoms with Crippen LogP contribution >= 0.6 is 0 Å². The molecule has 4 rings (SSSR count). The molecular formula is C23H22N2O3. The minimum Gasteiger partial charge on any atom is -0.486 e. The van der Waals surface area contributed by atoms with Crippen LogP contribution in [0, 0.1) is 0 Å². The highest BCUT2D eigenvalue weighted by atomic mass is 16.6. The van der Waals surface area contributed by atoms with Crippen molar-refractivity contribution in [2.24, 2.45) is 0 Å². The van der Waals surface area contributed by atoms with Gasteiger partial charge in [-0.05, 0) is 35.4 Å². The third kappa shape index (κ3) is 4.43. The second kappa shape index (κ2) is 8.48. The minimum atomic E-state index is -0.0866. The van der Waals surface area contributed by atoms with Crippen molar-refractivity contribution in [3.8, 4) is 11.5 Å². The number of ether oxygens (including phenoxy) is 2. The number of amides is 1. The average Bonchev–Trinajstić information content (AvgIpc) is 2.74. The van der Waals surface area contributed by atoms with Crippen LogP contribution in [-0.2, 0) is 17.8 Å². The Morgan fingerprint density at radius 1 is 0.821 bits per heavy atom. The maximum absolute atomic E-state index is 12.7. The molecule has 0 bridgehead atoms. The lowest BCUT2D eigenvalue weighted by Gasteiger charge is -2.26. The third-order valence-electron chi connectivity index (χ3n) is 4.48. The molecule has 0 atom stereocenters. The summed E-state index contributed by atoms with van der Waals surface area (Å²) in [4.78, 5) is 12.7. The third-order valence-corrected chi connectivity index (χ3v) is 4.48. The number of fused-ring (bicyclic) bond motifs is 1. The number of nitrogens with zero attached hydrogens (tertiary/aromatic N) is 1. The molecule has 0 unspecified atom stereocenters. The van der Waals surface area contributed by atoms with Gasteiger partial charge in [-0.3, -0.25) is 15.2 Å². The maximum atomic E-state index is 12.7. The maximum Gasteiger partial charge on any atom is 0.242 e. The highest BCUT2D eigenvalue weighted by Crippen LogP contribution is 2.30. The monoisotopic (exact) mass is 374 g/mol. The van der Waals surface area contributed by atoms with E-state index in [-0.39, 0.29) is 12.3 Å². The molecule has 0 saturated heterocycles. The molecule has 5 heteroatoms. The second-order valence-electron chi connectivity index (χ2n) is 6.60. The van der Waals surface area contributed by atoms with E-state index in [4.69, 9.17) is 9.47 Å². The summed E-state index contributed by atoms with van der Waals surface area (Å²) in [5.74, 6) is 1.34. The molecule has 0 aliphatic carbocycles. The zero-order chi connectivity index (χ0) is 19.2. The molecule has 0 aromatic heterocycles. The summed E-state index contributed by atoms with van der Waals surface area (Å²) in [7, 11) is 0. The highest BCUT2D eigenvalue weighted by Gasteiger charge is 2.15. The van der Waals surface area contributed by atoms with Gasteiger partial charge in [-0.2, -0.15) is 0 Å². The molecule has 142 valence electrons. The summed E-state index contributed by atoms with van der Waals surface area (Å²) >= 11 is 0. The van der Waals surface area contributed by atoms with Gasteiger partial charge in [0, 0.05) is 0 Å². The van der Waals surface area contributed by atoms with Crippen LogP contribution in [0.4, 0.5) is 5.69 Å². The predicted molar refractivity (Wildman–Crippen MR) is 108 cm³/mol. The number of hydrazine groups is 1. The van der Waals surface area contributed by atoms with Crippen LogP contribution in [0.5, 0.6) is 11.5 Å². The largest absolute Gasteiger partial charge is 0.486 e. The number of para-hydroxylation sites is 1. The van der Waals surface area contributed by atoms with Gasteiger partial charge in [0.05, 0.1) is 18.7 Å². The molecule has 1 aliphatic rings. The molecule has 3 aromatic rings. The van der Waals surface area contributed by atoms with Gasteiger partial charge in [-0.25, -0.2) is 0 Å². The Hall–Kier alpha value is -3.47. The van der Waals surface area contributed by atoms with Gasteiger partial charge in [-0.1, -0.05) is 54.6 Å². The Morgan fingerprint density at radius 2 is 1.50 bits per heavy atom. The summed E-state index contributed by atoms with van der Waals surface area (Å²) < 4.78 is 11.1. The fourth-order valence-electron chi connectivity index (χ4n) is 3.14. The van der Waals surface area contributed by atoms with Crippen molar-refractivity contribution in [1.29, 1.82) is 0 Å². The molecule has 1 N–H and O–H groups in total. The SMILES string of the molecule is O=C(Cc1ccc2c(c1)OCCO2)NN(Cc1ccccc1)c1ccccc1. The summed E-state index contributed by atoms with van der Waals surface area (Å²) in [6, 6.07) is 25.5. The van der Waals surface area contributed by atoms with Gasteiger partial charge in [-0.15, -0.1) is 0 Å². The van der Waals surface area contributed by atoms with Crippen LogP contribution < -0.4 is 19.9 Å². The van der Waals surface area contributed by atoms with E-state index in [1.807, 2.05) is 83.9 Å². The van der Waals surface area contributed by atoms with E-state index < -0.39 is 0 Å². The Labute approximate surface area is 164 Å². The molecular weight excluding hydrogens is 352 g/mol. The standard InChI is InChI=1S/C23H22N2O3/c26-23(16-19-11-12-21-22(15-19)28-14-13-27-21)24-25(20-9-5-2-6-10-20)17-18-7-3-1-4-8-18/h1-12,15H,13-14,16-17H2,(H,24,26). The van der Waals surface area contributed by atoms with E-state index in [0.717, 1.165) is 22.6 Å². The lowest BCUT2D eigenvalue weighted by Crippen LogP contribution is -2.42. The van der Waals surface area contributed by atoms with Gasteiger partial charge in [0.2, 0.25) is 5.91 Å². The van der Waals surface area contributed by atoms with Crippen molar-refractivity contribution in [3.63, 3.8) is 0 Å². The summed E-state index contributed by atoms with van der Waals surface area (Å²) in [5.41, 5.74) is 5.97. The first-order valence-corrected chi connectivity index (χ1v) is 9.32. The first kappa shape index (κ1) is 17.9. The van der Waals surface area contributed by atoms with Crippen LogP contribution in [-0.4, -0.2) is 19.1 Å².